The van der Waals surface area contributed by atoms with Crippen LogP contribution in [0.25, 0.3) is 0 Å². The summed E-state index contributed by atoms with van der Waals surface area (Å²) in [6.07, 6.45) is -4.91. The first kappa shape index (κ1) is 16.6. The first-order valence-electron chi connectivity index (χ1n) is 6.08. The van der Waals surface area contributed by atoms with Crippen LogP contribution in [0.2, 0.25) is 0 Å². The SMILES string of the molecule is N#Cc1ccc(NS(=O)(=O)c2cccc(OC(F)(F)F)c2)cc1. The third-order valence-electron chi connectivity index (χ3n) is 2.62. The molecule has 0 aliphatic heterocycles. The molecule has 0 radical (unpaired) electrons. The number of nitrogens with zero attached hydrogens (tertiary/aromatic N) is 1. The van der Waals surface area contributed by atoms with E-state index in [1.807, 2.05) is 6.07 Å². The smallest absolute Gasteiger partial charge is 0.406 e. The Morgan fingerprint density at radius 1 is 1.09 bits per heavy atom. The Morgan fingerprint density at radius 2 is 1.74 bits per heavy atom. The molecule has 2 rings (SSSR count). The van der Waals surface area contributed by atoms with Crippen molar-refractivity contribution >= 4 is 15.7 Å². The van der Waals surface area contributed by atoms with Crippen LogP contribution in [-0.4, -0.2) is 14.8 Å². The Hall–Kier alpha value is -2.73. The molecule has 0 bridgehead atoms. The van der Waals surface area contributed by atoms with Crippen LogP contribution in [0.4, 0.5) is 18.9 Å². The molecule has 2 aromatic carbocycles. The van der Waals surface area contributed by atoms with Crippen molar-refractivity contribution in [3.05, 3.63) is 54.1 Å². The molecule has 0 amide bonds. The van der Waals surface area contributed by atoms with Gasteiger partial charge in [0.2, 0.25) is 0 Å². The molecular formula is C14H9F3N2O3S. The number of halogens is 3. The zero-order chi connectivity index (χ0) is 17.1. The molecule has 0 spiro atoms. The Balaban J connectivity index is 2.25. The third-order valence-corrected chi connectivity index (χ3v) is 3.99. The molecule has 0 aliphatic rings. The molecule has 1 N–H and O–H groups in total. The van der Waals surface area contributed by atoms with E-state index in [4.69, 9.17) is 5.26 Å². The fourth-order valence-electron chi connectivity index (χ4n) is 1.67. The molecule has 2 aromatic rings. The fourth-order valence-corrected chi connectivity index (χ4v) is 2.76. The topological polar surface area (TPSA) is 79.2 Å². The largest absolute Gasteiger partial charge is 0.573 e. The van der Waals surface area contributed by atoms with Crippen molar-refractivity contribution < 1.29 is 26.3 Å². The average molecular weight is 342 g/mol. The molecule has 0 fully saturated rings. The van der Waals surface area contributed by atoms with Crippen molar-refractivity contribution in [2.24, 2.45) is 0 Å². The molecule has 0 unspecified atom stereocenters. The van der Waals surface area contributed by atoms with Gasteiger partial charge in [-0.25, -0.2) is 8.42 Å². The maximum absolute atomic E-state index is 12.2. The lowest BCUT2D eigenvalue weighted by Gasteiger charge is -2.11. The summed E-state index contributed by atoms with van der Waals surface area (Å²) < 4.78 is 66.7. The normalized spacial score (nSPS) is 11.6. The molecule has 0 heterocycles. The van der Waals surface area contributed by atoms with E-state index in [2.05, 4.69) is 9.46 Å². The molecule has 0 saturated heterocycles. The predicted octanol–water partition coefficient (Wildman–Crippen LogP) is 3.26. The second-order valence-corrected chi connectivity index (χ2v) is 6.00. The van der Waals surface area contributed by atoms with Crippen molar-refractivity contribution in [2.45, 2.75) is 11.3 Å². The standard InChI is InChI=1S/C14H9F3N2O3S/c15-14(16,17)22-12-2-1-3-13(8-12)23(20,21)19-11-6-4-10(9-18)5-7-11/h1-8,19H. The Kier molecular flexibility index (Phi) is 4.47. The fraction of sp³-hybridized carbons (Fsp3) is 0.0714. The summed E-state index contributed by atoms with van der Waals surface area (Å²) in [5.41, 5.74) is 0.514. The molecular weight excluding hydrogens is 333 g/mol. The molecule has 9 heteroatoms. The van der Waals surface area contributed by atoms with Crippen molar-refractivity contribution in [3.8, 4) is 11.8 Å². The van der Waals surface area contributed by atoms with E-state index in [0.717, 1.165) is 24.3 Å². The summed E-state index contributed by atoms with van der Waals surface area (Å²) >= 11 is 0. The van der Waals surface area contributed by atoms with Crippen molar-refractivity contribution in [3.63, 3.8) is 0 Å². The van der Waals surface area contributed by atoms with Crippen LogP contribution in [0, 0.1) is 11.3 Å². The Bertz CT molecular complexity index is 841. The highest BCUT2D eigenvalue weighted by atomic mass is 32.2. The second-order valence-electron chi connectivity index (χ2n) is 4.32. The Labute approximate surface area is 130 Å². The molecule has 0 saturated carbocycles. The summed E-state index contributed by atoms with van der Waals surface area (Å²) in [7, 11) is -4.09. The zero-order valence-electron chi connectivity index (χ0n) is 11.3. The van der Waals surface area contributed by atoms with Gasteiger partial charge in [0, 0.05) is 11.8 Å². The number of hydrogen-bond donors (Lipinski definition) is 1. The molecule has 0 aliphatic carbocycles. The van der Waals surface area contributed by atoms with Crippen LogP contribution in [0.3, 0.4) is 0 Å². The van der Waals surface area contributed by atoms with Crippen LogP contribution in [0.15, 0.2) is 53.4 Å². The Morgan fingerprint density at radius 3 is 2.30 bits per heavy atom. The number of nitrogens with one attached hydrogen (secondary N) is 1. The van der Waals surface area contributed by atoms with E-state index in [-0.39, 0.29) is 10.6 Å². The lowest BCUT2D eigenvalue weighted by molar-refractivity contribution is -0.274. The van der Waals surface area contributed by atoms with E-state index in [1.54, 1.807) is 0 Å². The quantitative estimate of drug-likeness (QED) is 0.925. The number of hydrogen-bond acceptors (Lipinski definition) is 4. The van der Waals surface area contributed by atoms with Gasteiger partial charge < -0.3 is 4.74 Å². The van der Waals surface area contributed by atoms with Gasteiger partial charge in [-0.2, -0.15) is 5.26 Å². The monoisotopic (exact) mass is 342 g/mol. The first-order valence-corrected chi connectivity index (χ1v) is 7.57. The highest BCUT2D eigenvalue weighted by Gasteiger charge is 2.31. The van der Waals surface area contributed by atoms with Gasteiger partial charge in [0.15, 0.2) is 0 Å². The van der Waals surface area contributed by atoms with Crippen LogP contribution in [0.1, 0.15) is 5.56 Å². The number of anilines is 1. The second kappa shape index (κ2) is 6.18. The minimum atomic E-state index is -4.91. The number of sulfonamides is 1. The molecule has 5 nitrogen and oxygen atoms in total. The lowest BCUT2D eigenvalue weighted by Crippen LogP contribution is -2.18. The van der Waals surface area contributed by atoms with Gasteiger partial charge in [0.25, 0.3) is 10.0 Å². The third kappa shape index (κ3) is 4.62. The van der Waals surface area contributed by atoms with Gasteiger partial charge in [-0.1, -0.05) is 6.07 Å². The highest BCUT2D eigenvalue weighted by molar-refractivity contribution is 7.92. The molecule has 23 heavy (non-hydrogen) atoms. The van der Waals surface area contributed by atoms with Crippen molar-refractivity contribution in [1.29, 1.82) is 5.26 Å². The number of rotatable bonds is 4. The summed E-state index contributed by atoms with van der Waals surface area (Å²) in [5.74, 6) is -0.639. The maximum atomic E-state index is 12.2. The number of ether oxygens (including phenoxy) is 1. The summed E-state index contributed by atoms with van der Waals surface area (Å²) in [5, 5.41) is 8.67. The summed E-state index contributed by atoms with van der Waals surface area (Å²) in [4.78, 5) is -0.386. The summed E-state index contributed by atoms with van der Waals surface area (Å²) in [6.45, 7) is 0. The van der Waals surface area contributed by atoms with E-state index in [9.17, 15) is 21.6 Å². The minimum Gasteiger partial charge on any atom is -0.406 e. The van der Waals surface area contributed by atoms with Crippen LogP contribution < -0.4 is 9.46 Å². The van der Waals surface area contributed by atoms with E-state index >= 15 is 0 Å². The molecule has 0 aromatic heterocycles. The number of alkyl halides is 3. The van der Waals surface area contributed by atoms with Crippen molar-refractivity contribution in [1.82, 2.24) is 0 Å². The van der Waals surface area contributed by atoms with Gasteiger partial charge in [0.1, 0.15) is 5.75 Å². The van der Waals surface area contributed by atoms with Crippen LogP contribution >= 0.6 is 0 Å². The molecule has 120 valence electrons. The van der Waals surface area contributed by atoms with E-state index in [0.29, 0.717) is 5.56 Å². The lowest BCUT2D eigenvalue weighted by atomic mass is 10.2. The van der Waals surface area contributed by atoms with Gasteiger partial charge in [-0.05, 0) is 36.4 Å². The van der Waals surface area contributed by atoms with Crippen molar-refractivity contribution in [2.75, 3.05) is 4.72 Å². The zero-order valence-corrected chi connectivity index (χ0v) is 12.1. The maximum Gasteiger partial charge on any atom is 0.573 e. The van der Waals surface area contributed by atoms with Crippen LogP contribution in [-0.2, 0) is 10.0 Å². The van der Waals surface area contributed by atoms with E-state index < -0.39 is 22.1 Å². The predicted molar refractivity (Wildman–Crippen MR) is 75.1 cm³/mol. The average Bonchev–Trinajstić information content (AvgIpc) is 2.46. The molecule has 0 atom stereocenters. The van der Waals surface area contributed by atoms with Gasteiger partial charge in [0.05, 0.1) is 16.5 Å². The first-order chi connectivity index (χ1) is 10.7. The summed E-state index contributed by atoms with van der Waals surface area (Å²) in [6, 6.07) is 11.4. The van der Waals surface area contributed by atoms with Gasteiger partial charge in [-0.3, -0.25) is 4.72 Å². The van der Waals surface area contributed by atoms with Gasteiger partial charge >= 0.3 is 6.36 Å². The number of nitriles is 1. The highest BCUT2D eigenvalue weighted by Crippen LogP contribution is 2.25. The van der Waals surface area contributed by atoms with E-state index in [1.165, 1.54) is 24.3 Å². The minimum absolute atomic E-state index is 0.172. The van der Waals surface area contributed by atoms with Gasteiger partial charge in [-0.15, -0.1) is 13.2 Å². The van der Waals surface area contributed by atoms with Crippen LogP contribution in [0.5, 0.6) is 5.75 Å². The number of benzene rings is 2.